The summed E-state index contributed by atoms with van der Waals surface area (Å²) in [6.45, 7) is 0.604. The Morgan fingerprint density at radius 3 is 2.59 bits per heavy atom. The van der Waals surface area contributed by atoms with Crippen molar-refractivity contribution >= 4 is 17.8 Å². The van der Waals surface area contributed by atoms with Crippen molar-refractivity contribution in [3.8, 4) is 22.8 Å². The second-order valence-electron chi connectivity index (χ2n) is 8.73. The van der Waals surface area contributed by atoms with Crippen LogP contribution >= 0.6 is 0 Å². The molecule has 2 fully saturated rings. The maximum Gasteiger partial charge on any atom is 0.325 e. The molecule has 1 aromatic heterocycles. The van der Waals surface area contributed by atoms with E-state index in [9.17, 15) is 14.4 Å². The Kier molecular flexibility index (Phi) is 5.88. The molecule has 34 heavy (non-hydrogen) atoms. The summed E-state index contributed by atoms with van der Waals surface area (Å²) < 4.78 is 5.93. The quantitative estimate of drug-likeness (QED) is 0.411. The molecule has 0 bridgehead atoms. The van der Waals surface area contributed by atoms with Gasteiger partial charge >= 0.3 is 6.03 Å². The Labute approximate surface area is 197 Å². The molecule has 8 nitrogen and oxygen atoms in total. The number of hydrogen-bond acceptors (Lipinski definition) is 5. The fourth-order valence-electron chi connectivity index (χ4n) is 4.73. The molecule has 174 valence electrons. The van der Waals surface area contributed by atoms with E-state index in [1.807, 2.05) is 36.4 Å². The molecule has 1 aliphatic heterocycles. The molecule has 1 aliphatic carbocycles. The number of urea groups is 1. The van der Waals surface area contributed by atoms with Gasteiger partial charge in [-0.2, -0.15) is 0 Å². The normalized spacial score (nSPS) is 16.8. The van der Waals surface area contributed by atoms with E-state index >= 15 is 0 Å². The Bertz CT molecular complexity index is 1210. The molecular formula is C26H26N4O4. The average molecular weight is 459 g/mol. The van der Waals surface area contributed by atoms with Gasteiger partial charge in [-0.25, -0.2) is 9.78 Å². The van der Waals surface area contributed by atoms with E-state index in [1.54, 1.807) is 24.4 Å². The first-order chi connectivity index (χ1) is 16.6. The lowest BCUT2D eigenvalue weighted by atomic mass is 9.98. The van der Waals surface area contributed by atoms with Crippen molar-refractivity contribution < 1.29 is 18.8 Å². The Balaban J connectivity index is 1.21. The van der Waals surface area contributed by atoms with Crippen LogP contribution in [-0.2, 0) is 4.79 Å². The number of oxazole rings is 1. The van der Waals surface area contributed by atoms with Crippen LogP contribution in [0, 0.1) is 0 Å². The third kappa shape index (κ3) is 4.07. The Hall–Kier alpha value is -3.94. The number of benzene rings is 2. The van der Waals surface area contributed by atoms with Gasteiger partial charge in [0.1, 0.15) is 5.54 Å². The van der Waals surface area contributed by atoms with Gasteiger partial charge < -0.3 is 15.1 Å². The van der Waals surface area contributed by atoms with Crippen molar-refractivity contribution in [1.82, 2.24) is 20.5 Å². The molecule has 1 saturated carbocycles. The number of carbonyl (C=O) groups excluding carboxylic acids is 3. The highest BCUT2D eigenvalue weighted by Crippen LogP contribution is 2.35. The number of hydrogen-bond donors (Lipinski definition) is 2. The maximum absolute atomic E-state index is 12.9. The van der Waals surface area contributed by atoms with Gasteiger partial charge in [0.2, 0.25) is 5.89 Å². The summed E-state index contributed by atoms with van der Waals surface area (Å²) in [7, 11) is 0. The van der Waals surface area contributed by atoms with E-state index in [0.29, 0.717) is 48.6 Å². The van der Waals surface area contributed by atoms with Crippen LogP contribution in [0.2, 0.25) is 0 Å². The Morgan fingerprint density at radius 1 is 1.06 bits per heavy atom. The van der Waals surface area contributed by atoms with Gasteiger partial charge in [0, 0.05) is 24.2 Å². The second kappa shape index (κ2) is 9.13. The lowest BCUT2D eigenvalue weighted by Crippen LogP contribution is -2.44. The van der Waals surface area contributed by atoms with E-state index in [-0.39, 0.29) is 24.4 Å². The smallest absolute Gasteiger partial charge is 0.325 e. The predicted octanol–water partition coefficient (Wildman–Crippen LogP) is 3.99. The number of nitrogens with one attached hydrogen (secondary N) is 2. The highest BCUT2D eigenvalue weighted by Gasteiger charge is 2.51. The number of rotatable bonds is 7. The average Bonchev–Trinajstić information content (AvgIpc) is 3.59. The fourth-order valence-corrected chi connectivity index (χ4v) is 4.73. The topological polar surface area (TPSA) is 105 Å². The SMILES string of the molecule is O=C(NCCCN1C(=O)NC2(CCCC2)C1=O)c1ccccc1-c1ncc(-c2ccccc2)o1. The van der Waals surface area contributed by atoms with Crippen LogP contribution in [-0.4, -0.2) is 46.4 Å². The molecular weight excluding hydrogens is 432 g/mol. The molecule has 2 aliphatic rings. The third-order valence-electron chi connectivity index (χ3n) is 6.51. The van der Waals surface area contributed by atoms with E-state index in [0.717, 1.165) is 18.4 Å². The molecule has 0 atom stereocenters. The van der Waals surface area contributed by atoms with Crippen LogP contribution in [0.25, 0.3) is 22.8 Å². The van der Waals surface area contributed by atoms with E-state index < -0.39 is 5.54 Å². The molecule has 3 aromatic rings. The first-order valence-electron chi connectivity index (χ1n) is 11.6. The molecule has 2 heterocycles. The Morgan fingerprint density at radius 2 is 1.79 bits per heavy atom. The van der Waals surface area contributed by atoms with Gasteiger partial charge in [-0.3, -0.25) is 14.5 Å². The van der Waals surface area contributed by atoms with Crippen molar-refractivity contribution in [2.24, 2.45) is 0 Å². The van der Waals surface area contributed by atoms with Gasteiger partial charge in [0.25, 0.3) is 11.8 Å². The second-order valence-corrected chi connectivity index (χ2v) is 8.73. The van der Waals surface area contributed by atoms with Crippen LogP contribution in [0.3, 0.4) is 0 Å². The summed E-state index contributed by atoms with van der Waals surface area (Å²) in [5, 5.41) is 5.76. The summed E-state index contributed by atoms with van der Waals surface area (Å²) in [6, 6.07) is 16.4. The standard InChI is InChI=1S/C26H26N4O4/c31-22(27-15-8-16-30-24(32)26(29-25(30)33)13-6-7-14-26)19-11-4-5-12-20(19)23-28-17-21(34-23)18-9-2-1-3-10-18/h1-5,9-12,17H,6-8,13-16H2,(H,27,31)(H,29,33). The molecule has 2 N–H and O–H groups in total. The van der Waals surface area contributed by atoms with Gasteiger partial charge in [-0.15, -0.1) is 0 Å². The first kappa shape index (κ1) is 21.9. The maximum atomic E-state index is 12.9. The monoisotopic (exact) mass is 458 g/mol. The zero-order chi connectivity index (χ0) is 23.5. The number of carbonyl (C=O) groups is 3. The molecule has 5 rings (SSSR count). The molecule has 0 unspecified atom stereocenters. The minimum absolute atomic E-state index is 0.134. The number of nitrogens with zero attached hydrogens (tertiary/aromatic N) is 2. The summed E-state index contributed by atoms with van der Waals surface area (Å²) in [5.74, 6) is 0.592. The molecule has 1 spiro atoms. The van der Waals surface area contributed by atoms with Gasteiger partial charge in [0.15, 0.2) is 5.76 Å². The number of imide groups is 1. The van der Waals surface area contributed by atoms with E-state index in [2.05, 4.69) is 15.6 Å². The highest BCUT2D eigenvalue weighted by molar-refractivity contribution is 6.07. The zero-order valence-corrected chi connectivity index (χ0v) is 18.8. The molecule has 0 radical (unpaired) electrons. The van der Waals surface area contributed by atoms with Crippen LogP contribution < -0.4 is 10.6 Å². The van der Waals surface area contributed by atoms with E-state index in [4.69, 9.17) is 4.42 Å². The minimum atomic E-state index is -0.700. The van der Waals surface area contributed by atoms with Crippen molar-refractivity contribution in [1.29, 1.82) is 0 Å². The fraction of sp³-hybridized carbons (Fsp3) is 0.308. The summed E-state index contributed by atoms with van der Waals surface area (Å²) >= 11 is 0. The van der Waals surface area contributed by atoms with Gasteiger partial charge in [-0.1, -0.05) is 55.3 Å². The first-order valence-corrected chi connectivity index (χ1v) is 11.6. The number of amides is 4. The molecule has 4 amide bonds. The molecule has 2 aromatic carbocycles. The van der Waals surface area contributed by atoms with Crippen LogP contribution in [0.1, 0.15) is 42.5 Å². The van der Waals surface area contributed by atoms with Gasteiger partial charge in [0.05, 0.1) is 11.8 Å². The molecule has 1 saturated heterocycles. The highest BCUT2D eigenvalue weighted by atomic mass is 16.4. The van der Waals surface area contributed by atoms with Crippen molar-refractivity contribution in [2.75, 3.05) is 13.1 Å². The van der Waals surface area contributed by atoms with Crippen LogP contribution in [0.15, 0.2) is 65.2 Å². The minimum Gasteiger partial charge on any atom is -0.436 e. The summed E-state index contributed by atoms with van der Waals surface area (Å²) in [4.78, 5) is 43.6. The van der Waals surface area contributed by atoms with Crippen molar-refractivity contribution in [2.45, 2.75) is 37.6 Å². The zero-order valence-electron chi connectivity index (χ0n) is 18.8. The van der Waals surface area contributed by atoms with Crippen LogP contribution in [0.4, 0.5) is 4.79 Å². The van der Waals surface area contributed by atoms with Crippen molar-refractivity contribution in [3.05, 3.63) is 66.4 Å². The van der Waals surface area contributed by atoms with E-state index in [1.165, 1.54) is 4.90 Å². The van der Waals surface area contributed by atoms with Crippen LogP contribution in [0.5, 0.6) is 0 Å². The largest absolute Gasteiger partial charge is 0.436 e. The lowest BCUT2D eigenvalue weighted by molar-refractivity contribution is -0.131. The third-order valence-corrected chi connectivity index (χ3v) is 6.51. The van der Waals surface area contributed by atoms with Crippen molar-refractivity contribution in [3.63, 3.8) is 0 Å². The summed E-state index contributed by atoms with van der Waals surface area (Å²) in [5.41, 5.74) is 1.25. The van der Waals surface area contributed by atoms with Gasteiger partial charge in [-0.05, 0) is 31.4 Å². The predicted molar refractivity (Wildman–Crippen MR) is 126 cm³/mol. The number of aromatic nitrogens is 1. The molecule has 8 heteroatoms. The summed E-state index contributed by atoms with van der Waals surface area (Å²) in [6.07, 6.45) is 5.43. The lowest BCUT2D eigenvalue weighted by Gasteiger charge is -2.20.